The Morgan fingerprint density at radius 2 is 1.77 bits per heavy atom. The number of hydrogen-bond acceptors (Lipinski definition) is 11. The Labute approximate surface area is 306 Å². The number of carboxylic acid groups (broad SMARTS) is 1. The van der Waals surface area contributed by atoms with Crippen LogP contribution in [0.25, 0.3) is 5.65 Å². The fourth-order valence-corrected chi connectivity index (χ4v) is 8.95. The van der Waals surface area contributed by atoms with Gasteiger partial charge < -0.3 is 14.6 Å². The van der Waals surface area contributed by atoms with Crippen molar-refractivity contribution in [2.45, 2.75) is 89.4 Å². The Bertz CT molecular complexity index is 2060. The smallest absolute Gasteiger partial charge is 0.452 e. The van der Waals surface area contributed by atoms with Crippen molar-refractivity contribution < 1.29 is 41.7 Å². The molecule has 0 bridgehead atoms. The van der Waals surface area contributed by atoms with E-state index in [1.807, 2.05) is 6.92 Å². The highest BCUT2D eigenvalue weighted by Gasteiger charge is 2.53. The summed E-state index contributed by atoms with van der Waals surface area (Å²) in [6.45, 7) is 11.7. The number of aromatic nitrogens is 5. The van der Waals surface area contributed by atoms with E-state index >= 15 is 0 Å². The molecule has 2 aliphatic heterocycles. The van der Waals surface area contributed by atoms with Crippen LogP contribution in [0, 0.1) is 26.2 Å². The normalized spacial score (nSPS) is 19.8. The van der Waals surface area contributed by atoms with Gasteiger partial charge >= 0.3 is 12.1 Å². The molecule has 1 aliphatic carbocycles. The number of carbonyl (C=O) groups is 1. The lowest BCUT2D eigenvalue weighted by molar-refractivity contribution is -0.147. The number of alkyl halides is 3. The fraction of sp³-hybridized carbons (Fsp3) is 0.528. The number of aryl methyl sites for hydroxylation is 3. The minimum atomic E-state index is -4.74. The third-order valence-corrected chi connectivity index (χ3v) is 12.6. The monoisotopic (exact) mass is 759 g/mol. The van der Waals surface area contributed by atoms with Crippen molar-refractivity contribution in [3.05, 3.63) is 69.9 Å². The number of ether oxygens (including phenoxy) is 2. The molecule has 4 aromatic rings. The molecule has 6 heterocycles. The molecule has 0 aromatic carbocycles. The van der Waals surface area contributed by atoms with E-state index in [0.717, 1.165) is 29.6 Å². The average Bonchev–Trinajstić information content (AvgIpc) is 3.43. The number of rotatable bonds is 10. The molecule has 3 aliphatic rings. The van der Waals surface area contributed by atoms with Gasteiger partial charge in [0.1, 0.15) is 17.1 Å². The summed E-state index contributed by atoms with van der Waals surface area (Å²) < 4.78 is 79.8. The zero-order valence-electron chi connectivity index (χ0n) is 30.3. The highest BCUT2D eigenvalue weighted by atomic mass is 32.3. The van der Waals surface area contributed by atoms with Gasteiger partial charge in [0.05, 0.1) is 24.2 Å². The number of aliphatic carboxylic acids is 1. The van der Waals surface area contributed by atoms with E-state index in [1.165, 1.54) is 39.0 Å². The summed E-state index contributed by atoms with van der Waals surface area (Å²) in [5.74, 6) is -2.75. The highest BCUT2D eigenvalue weighted by Crippen LogP contribution is 2.61. The first-order chi connectivity index (χ1) is 24.9. The second kappa shape index (κ2) is 13.4. The average molecular weight is 760 g/mol. The minimum Gasteiger partial charge on any atom is -0.481 e. The predicted molar refractivity (Wildman–Crippen MR) is 189 cm³/mol. The SMILES string of the molecule is Cc1ccc(C(c2ccn3c(C(F)(F)F)nnc3c2C)C(C)(C)C(=O)O)nc1CN1CC2(CC2)Oc2nc(OCCN3CCCC3)c(C)cc2S1(O)O. The maximum Gasteiger partial charge on any atom is 0.452 e. The molecule has 1 spiro atoms. The van der Waals surface area contributed by atoms with E-state index in [9.17, 15) is 32.2 Å². The van der Waals surface area contributed by atoms with Gasteiger partial charge in [-0.05, 0) is 108 Å². The Morgan fingerprint density at radius 1 is 1.06 bits per heavy atom. The van der Waals surface area contributed by atoms with Crippen LogP contribution in [0.3, 0.4) is 0 Å². The Morgan fingerprint density at radius 3 is 2.43 bits per heavy atom. The molecular formula is C36H44F3N7O6S. The molecule has 17 heteroatoms. The van der Waals surface area contributed by atoms with Gasteiger partial charge in [0.25, 0.3) is 0 Å². The van der Waals surface area contributed by atoms with Crippen LogP contribution in [-0.4, -0.2) is 92.3 Å². The van der Waals surface area contributed by atoms with Gasteiger partial charge in [-0.1, -0.05) is 6.07 Å². The number of likely N-dealkylation sites (tertiary alicyclic amines) is 1. The Hall–Kier alpha value is -4.03. The summed E-state index contributed by atoms with van der Waals surface area (Å²) in [4.78, 5) is 24.9. The topological polar surface area (TPSA) is 159 Å². The molecule has 4 aromatic heterocycles. The van der Waals surface area contributed by atoms with E-state index in [-0.39, 0.29) is 29.5 Å². The quantitative estimate of drug-likeness (QED) is 0.159. The van der Waals surface area contributed by atoms with E-state index in [4.69, 9.17) is 14.5 Å². The molecule has 1 atom stereocenters. The molecule has 0 amide bonds. The number of carboxylic acids is 1. The summed E-state index contributed by atoms with van der Waals surface area (Å²) in [5, 5.41) is 17.6. The molecule has 53 heavy (non-hydrogen) atoms. The summed E-state index contributed by atoms with van der Waals surface area (Å²) >= 11 is 0. The van der Waals surface area contributed by atoms with Crippen molar-refractivity contribution in [1.29, 1.82) is 0 Å². The van der Waals surface area contributed by atoms with Crippen molar-refractivity contribution in [1.82, 2.24) is 33.8 Å². The summed E-state index contributed by atoms with van der Waals surface area (Å²) in [6.07, 6.45) is 0.166. The van der Waals surface area contributed by atoms with Gasteiger partial charge in [-0.25, -0.2) is 0 Å². The first-order valence-electron chi connectivity index (χ1n) is 17.6. The molecular weight excluding hydrogens is 716 g/mol. The van der Waals surface area contributed by atoms with Gasteiger partial charge in [-0.15, -0.1) is 21.0 Å². The standard InChI is InChI=1S/C36H44F3N7O6S/c1-21-8-9-25(28(34(4,5)33(47)48)24-10-15-46-29(23(24)3)42-43-32(46)36(37,38)39)40-26(21)19-45-20-35(11-12-35)52-31-27(53(45,49)50)18-22(2)30(41-31)51-17-16-44-13-6-7-14-44/h8-10,15,18,28,49-50H,6-7,11-14,16-17,19-20H2,1-5H3,(H,47,48). The lowest BCUT2D eigenvalue weighted by atomic mass is 9.72. The predicted octanol–water partition coefficient (Wildman–Crippen LogP) is 6.63. The first kappa shape index (κ1) is 37.3. The Kier molecular flexibility index (Phi) is 9.41. The molecule has 1 unspecified atom stereocenters. The molecule has 7 rings (SSSR count). The number of hydrogen-bond donors (Lipinski definition) is 3. The van der Waals surface area contributed by atoms with Gasteiger partial charge in [0.15, 0.2) is 5.65 Å². The van der Waals surface area contributed by atoms with Crippen molar-refractivity contribution in [2.24, 2.45) is 5.41 Å². The minimum absolute atomic E-state index is 0.0168. The maximum atomic E-state index is 13.7. The molecule has 0 radical (unpaired) electrons. The number of nitrogens with zero attached hydrogens (tertiary/aromatic N) is 7. The van der Waals surface area contributed by atoms with Crippen LogP contribution >= 0.6 is 10.8 Å². The van der Waals surface area contributed by atoms with E-state index < -0.39 is 45.7 Å². The van der Waals surface area contributed by atoms with Crippen molar-refractivity contribution >= 4 is 22.4 Å². The summed E-state index contributed by atoms with van der Waals surface area (Å²) in [5.41, 5.74) is 0.702. The van der Waals surface area contributed by atoms with Gasteiger partial charge in [0, 0.05) is 29.9 Å². The van der Waals surface area contributed by atoms with Crippen LogP contribution in [0.1, 0.15) is 84.9 Å². The van der Waals surface area contributed by atoms with Gasteiger partial charge in [-0.3, -0.25) is 28.2 Å². The van der Waals surface area contributed by atoms with Crippen molar-refractivity contribution in [2.75, 3.05) is 32.8 Å². The third kappa shape index (κ3) is 6.93. The number of halogens is 3. The van der Waals surface area contributed by atoms with Crippen LogP contribution in [0.2, 0.25) is 0 Å². The largest absolute Gasteiger partial charge is 0.481 e. The maximum absolute atomic E-state index is 13.7. The zero-order valence-corrected chi connectivity index (χ0v) is 31.1. The zero-order chi connectivity index (χ0) is 38.1. The Balaban J connectivity index is 1.23. The van der Waals surface area contributed by atoms with E-state index in [0.29, 0.717) is 53.4 Å². The van der Waals surface area contributed by atoms with E-state index in [2.05, 4.69) is 20.1 Å². The number of pyridine rings is 3. The lowest BCUT2D eigenvalue weighted by Gasteiger charge is -2.41. The van der Waals surface area contributed by atoms with Crippen LogP contribution in [0.15, 0.2) is 35.4 Å². The third-order valence-electron chi connectivity index (χ3n) is 10.7. The molecule has 13 nitrogen and oxygen atoms in total. The van der Waals surface area contributed by atoms with Crippen LogP contribution in [-0.2, 0) is 17.5 Å². The van der Waals surface area contributed by atoms with Crippen LogP contribution in [0.4, 0.5) is 13.2 Å². The molecule has 1 saturated carbocycles. The summed E-state index contributed by atoms with van der Waals surface area (Å²) in [7, 11) is -3.67. The second-order valence-electron chi connectivity index (χ2n) is 15.0. The highest BCUT2D eigenvalue weighted by molar-refractivity contribution is 8.22. The van der Waals surface area contributed by atoms with Gasteiger partial charge in [-0.2, -0.15) is 22.5 Å². The molecule has 1 saturated heterocycles. The lowest BCUT2D eigenvalue weighted by Crippen LogP contribution is -2.37. The van der Waals surface area contributed by atoms with Gasteiger partial charge in [0.2, 0.25) is 17.6 Å². The molecule has 2 fully saturated rings. The second-order valence-corrected chi connectivity index (χ2v) is 17.0. The van der Waals surface area contributed by atoms with Crippen molar-refractivity contribution in [3.63, 3.8) is 0 Å². The summed E-state index contributed by atoms with van der Waals surface area (Å²) in [6, 6.07) is 6.59. The number of fused-ring (bicyclic) bond motifs is 2. The molecule has 286 valence electrons. The first-order valence-corrected chi connectivity index (χ1v) is 19.1. The molecule has 3 N–H and O–H groups in total. The van der Waals surface area contributed by atoms with E-state index in [1.54, 1.807) is 36.4 Å². The fourth-order valence-electron chi connectivity index (χ4n) is 7.30. The van der Waals surface area contributed by atoms with Crippen molar-refractivity contribution in [3.8, 4) is 11.8 Å². The van der Waals surface area contributed by atoms with Crippen LogP contribution in [0.5, 0.6) is 11.8 Å². The van der Waals surface area contributed by atoms with Crippen LogP contribution < -0.4 is 9.47 Å².